The summed E-state index contributed by atoms with van der Waals surface area (Å²) in [5, 5.41) is 27.9. The molecule has 0 fully saturated rings. The van der Waals surface area contributed by atoms with E-state index >= 15 is 0 Å². The molecule has 1 unspecified atom stereocenters. The lowest BCUT2D eigenvalue weighted by molar-refractivity contribution is 0.0613. The van der Waals surface area contributed by atoms with Crippen LogP contribution in [0.4, 0.5) is 0 Å². The van der Waals surface area contributed by atoms with Gasteiger partial charge in [-0.2, -0.15) is 5.26 Å². The van der Waals surface area contributed by atoms with E-state index in [0.29, 0.717) is 24.4 Å². The lowest BCUT2D eigenvalue weighted by Gasteiger charge is -2.24. The van der Waals surface area contributed by atoms with Gasteiger partial charge >= 0.3 is 0 Å². The number of hydrogen-bond acceptors (Lipinski definition) is 5. The van der Waals surface area contributed by atoms with Gasteiger partial charge in [0.2, 0.25) is 0 Å². The molecule has 0 radical (unpaired) electrons. The summed E-state index contributed by atoms with van der Waals surface area (Å²) < 4.78 is 5.50. The van der Waals surface area contributed by atoms with Gasteiger partial charge in [-0.05, 0) is 31.2 Å². The molecule has 0 aliphatic rings. The minimum absolute atomic E-state index is 0.0848. The van der Waals surface area contributed by atoms with Crippen molar-refractivity contribution in [3.8, 4) is 11.8 Å². The molecule has 0 saturated carbocycles. The lowest BCUT2D eigenvalue weighted by atomic mass is 10.2. The number of nitriles is 1. The van der Waals surface area contributed by atoms with Gasteiger partial charge in [0.1, 0.15) is 18.5 Å². The zero-order chi connectivity index (χ0) is 15.5. The van der Waals surface area contributed by atoms with Crippen molar-refractivity contribution in [2.45, 2.75) is 25.9 Å². The topological polar surface area (TPSA) is 76.7 Å². The maximum atomic E-state index is 10.0. The van der Waals surface area contributed by atoms with Crippen molar-refractivity contribution in [1.29, 1.82) is 5.26 Å². The minimum atomic E-state index is -0.626. The van der Waals surface area contributed by atoms with E-state index in [4.69, 9.17) is 15.1 Å². The molecule has 116 valence electrons. The second-order valence-corrected chi connectivity index (χ2v) is 4.98. The molecule has 0 heterocycles. The number of aliphatic hydroxyl groups excluding tert-OH is 2. The number of hydrogen-bond donors (Lipinski definition) is 2. The first-order valence-electron chi connectivity index (χ1n) is 7.33. The van der Waals surface area contributed by atoms with E-state index in [0.717, 1.165) is 19.4 Å². The van der Waals surface area contributed by atoms with E-state index in [1.165, 1.54) is 0 Å². The molecule has 1 atom stereocenters. The van der Waals surface area contributed by atoms with Crippen LogP contribution in [0, 0.1) is 11.3 Å². The molecule has 0 amide bonds. The molecule has 0 spiro atoms. The van der Waals surface area contributed by atoms with Gasteiger partial charge in [0.25, 0.3) is 0 Å². The monoisotopic (exact) mass is 292 g/mol. The van der Waals surface area contributed by atoms with Gasteiger partial charge in [0.15, 0.2) is 0 Å². The summed E-state index contributed by atoms with van der Waals surface area (Å²) in [6.07, 6.45) is 1.49. The van der Waals surface area contributed by atoms with Crippen molar-refractivity contribution in [1.82, 2.24) is 4.90 Å². The lowest BCUT2D eigenvalue weighted by Crippen LogP contribution is -2.37. The Balaban J connectivity index is 2.40. The molecule has 1 aromatic rings. The quantitative estimate of drug-likeness (QED) is 0.681. The Morgan fingerprint density at radius 1 is 1.38 bits per heavy atom. The average molecular weight is 292 g/mol. The van der Waals surface area contributed by atoms with Crippen LogP contribution in [0.3, 0.4) is 0 Å². The predicted molar refractivity (Wildman–Crippen MR) is 81.1 cm³/mol. The van der Waals surface area contributed by atoms with Crippen LogP contribution < -0.4 is 4.74 Å². The van der Waals surface area contributed by atoms with Crippen molar-refractivity contribution in [3.05, 3.63) is 29.8 Å². The molecule has 5 heteroatoms. The maximum absolute atomic E-state index is 10.0. The van der Waals surface area contributed by atoms with E-state index < -0.39 is 6.10 Å². The zero-order valence-corrected chi connectivity index (χ0v) is 12.5. The highest BCUT2D eigenvalue weighted by Crippen LogP contribution is 2.12. The van der Waals surface area contributed by atoms with Crippen LogP contribution in [0.15, 0.2) is 24.3 Å². The molecule has 0 aliphatic heterocycles. The smallest absolute Gasteiger partial charge is 0.120 e. The van der Waals surface area contributed by atoms with E-state index in [2.05, 4.69) is 6.92 Å². The summed E-state index contributed by atoms with van der Waals surface area (Å²) in [5.74, 6) is 0.579. The van der Waals surface area contributed by atoms with E-state index in [9.17, 15) is 5.11 Å². The van der Waals surface area contributed by atoms with Crippen LogP contribution in [0.1, 0.15) is 25.3 Å². The summed E-state index contributed by atoms with van der Waals surface area (Å²) in [4.78, 5) is 2.03. The average Bonchev–Trinajstić information content (AvgIpc) is 2.51. The number of nitrogens with zero attached hydrogens (tertiary/aromatic N) is 2. The van der Waals surface area contributed by atoms with Gasteiger partial charge in [-0.25, -0.2) is 0 Å². The number of rotatable bonds is 10. The third-order valence-electron chi connectivity index (χ3n) is 3.12. The number of ether oxygens (including phenoxy) is 1. The van der Waals surface area contributed by atoms with Crippen LogP contribution in [-0.2, 0) is 0 Å². The number of benzene rings is 1. The molecule has 0 aliphatic carbocycles. The second kappa shape index (κ2) is 10.2. The fraction of sp³-hybridized carbons (Fsp3) is 0.562. The molecular formula is C16H24N2O3. The largest absolute Gasteiger partial charge is 0.491 e. The SMILES string of the molecule is CCCCN(CCO)CC(O)COc1cccc(C#N)c1. The van der Waals surface area contributed by atoms with Gasteiger partial charge < -0.3 is 14.9 Å². The van der Waals surface area contributed by atoms with Crippen molar-refractivity contribution < 1.29 is 14.9 Å². The van der Waals surface area contributed by atoms with Gasteiger partial charge in [-0.3, -0.25) is 4.90 Å². The summed E-state index contributed by atoms with van der Waals surface area (Å²) >= 11 is 0. The van der Waals surface area contributed by atoms with Gasteiger partial charge in [-0.1, -0.05) is 19.4 Å². The second-order valence-electron chi connectivity index (χ2n) is 4.98. The third kappa shape index (κ3) is 7.09. The Bertz CT molecular complexity index is 445. The van der Waals surface area contributed by atoms with Gasteiger partial charge in [-0.15, -0.1) is 0 Å². The molecule has 21 heavy (non-hydrogen) atoms. The Morgan fingerprint density at radius 2 is 2.19 bits per heavy atom. The first kappa shape index (κ1) is 17.4. The standard InChI is InChI=1S/C16H24N2O3/c1-2-3-7-18(8-9-19)12-15(20)13-21-16-6-4-5-14(10-16)11-17/h4-6,10,15,19-20H,2-3,7-9,12-13H2,1H3. The van der Waals surface area contributed by atoms with Crippen molar-refractivity contribution >= 4 is 0 Å². The van der Waals surface area contributed by atoms with E-state index in [1.807, 2.05) is 11.0 Å². The van der Waals surface area contributed by atoms with Crippen LogP contribution in [0.2, 0.25) is 0 Å². The van der Waals surface area contributed by atoms with Crippen molar-refractivity contribution in [2.75, 3.05) is 32.8 Å². The molecule has 1 aromatic carbocycles. The molecule has 1 rings (SSSR count). The molecule has 0 saturated heterocycles. The summed E-state index contributed by atoms with van der Waals surface area (Å²) in [6.45, 7) is 4.25. The zero-order valence-electron chi connectivity index (χ0n) is 12.5. The van der Waals surface area contributed by atoms with Crippen LogP contribution >= 0.6 is 0 Å². The normalized spacial score (nSPS) is 12.1. The molecule has 2 N–H and O–H groups in total. The summed E-state index contributed by atoms with van der Waals surface area (Å²) in [5.41, 5.74) is 0.534. The van der Waals surface area contributed by atoms with Crippen LogP contribution in [-0.4, -0.2) is 54.1 Å². The number of unbranched alkanes of at least 4 members (excludes halogenated alkanes) is 1. The Morgan fingerprint density at radius 3 is 2.86 bits per heavy atom. The van der Waals surface area contributed by atoms with Crippen molar-refractivity contribution in [2.24, 2.45) is 0 Å². The molecule has 5 nitrogen and oxygen atoms in total. The fourth-order valence-corrected chi connectivity index (χ4v) is 2.02. The summed E-state index contributed by atoms with van der Waals surface area (Å²) in [6, 6.07) is 8.91. The minimum Gasteiger partial charge on any atom is -0.491 e. The van der Waals surface area contributed by atoms with Gasteiger partial charge in [0, 0.05) is 13.1 Å². The third-order valence-corrected chi connectivity index (χ3v) is 3.12. The first-order chi connectivity index (χ1) is 10.2. The summed E-state index contributed by atoms with van der Waals surface area (Å²) in [7, 11) is 0. The molecule has 0 aromatic heterocycles. The predicted octanol–water partition coefficient (Wildman–Crippen LogP) is 1.39. The van der Waals surface area contributed by atoms with Crippen molar-refractivity contribution in [3.63, 3.8) is 0 Å². The number of aliphatic hydroxyl groups is 2. The Hall–Kier alpha value is -1.61. The van der Waals surface area contributed by atoms with Crippen LogP contribution in [0.25, 0.3) is 0 Å². The maximum Gasteiger partial charge on any atom is 0.120 e. The molecule has 0 bridgehead atoms. The molecular weight excluding hydrogens is 268 g/mol. The first-order valence-corrected chi connectivity index (χ1v) is 7.33. The Labute approximate surface area is 126 Å². The highest BCUT2D eigenvalue weighted by Gasteiger charge is 2.12. The van der Waals surface area contributed by atoms with E-state index in [1.54, 1.807) is 24.3 Å². The fourth-order valence-electron chi connectivity index (χ4n) is 2.02. The van der Waals surface area contributed by atoms with Gasteiger partial charge in [0.05, 0.1) is 18.2 Å². The highest BCUT2D eigenvalue weighted by molar-refractivity contribution is 5.36. The highest BCUT2D eigenvalue weighted by atomic mass is 16.5. The van der Waals surface area contributed by atoms with Crippen LogP contribution in [0.5, 0.6) is 5.75 Å². The Kier molecular flexibility index (Phi) is 8.44. The van der Waals surface area contributed by atoms with E-state index in [-0.39, 0.29) is 13.2 Å².